The van der Waals surface area contributed by atoms with E-state index in [4.69, 9.17) is 16.3 Å². The first kappa shape index (κ1) is 21.2. The van der Waals surface area contributed by atoms with Gasteiger partial charge in [0.25, 0.3) is 0 Å². The number of fused-ring (bicyclic) bond motifs is 1. The van der Waals surface area contributed by atoms with Crippen LogP contribution in [0.3, 0.4) is 0 Å². The highest BCUT2D eigenvalue weighted by molar-refractivity contribution is 6.30. The van der Waals surface area contributed by atoms with Crippen molar-refractivity contribution in [1.29, 1.82) is 0 Å². The van der Waals surface area contributed by atoms with E-state index in [1.54, 1.807) is 19.1 Å². The fourth-order valence-electron chi connectivity index (χ4n) is 3.51. The van der Waals surface area contributed by atoms with Crippen LogP contribution in [0.15, 0.2) is 36.4 Å². The first-order valence-electron chi connectivity index (χ1n) is 9.23. The third kappa shape index (κ3) is 4.60. The van der Waals surface area contributed by atoms with Gasteiger partial charge in [-0.1, -0.05) is 37.6 Å². The van der Waals surface area contributed by atoms with E-state index in [0.717, 1.165) is 36.0 Å². The number of benzene rings is 2. The highest BCUT2D eigenvalue weighted by Crippen LogP contribution is 2.39. The average Bonchev–Trinajstić information content (AvgIpc) is 2.68. The average molecular weight is 392 g/mol. The van der Waals surface area contributed by atoms with E-state index >= 15 is 0 Å². The summed E-state index contributed by atoms with van der Waals surface area (Å²) in [6.07, 6.45) is 2.58. The van der Waals surface area contributed by atoms with Crippen molar-refractivity contribution in [2.75, 3.05) is 13.2 Å². The minimum Gasteiger partial charge on any atom is -0.486 e. The van der Waals surface area contributed by atoms with Crippen LogP contribution >= 0.6 is 11.6 Å². The number of nitro groups is 1. The van der Waals surface area contributed by atoms with Gasteiger partial charge >= 0.3 is 5.69 Å². The summed E-state index contributed by atoms with van der Waals surface area (Å²) in [6, 6.07) is 10.6. The summed E-state index contributed by atoms with van der Waals surface area (Å²) < 4.78 is 5.84. The van der Waals surface area contributed by atoms with Gasteiger partial charge in [0.1, 0.15) is 6.61 Å². The number of rotatable bonds is 5. The van der Waals surface area contributed by atoms with Crippen molar-refractivity contribution in [1.82, 2.24) is 0 Å². The second kappa shape index (κ2) is 9.20. The number of aliphatic hydroxyl groups excluding tert-OH is 1. The molecular formula is C21H26ClNO4. The lowest BCUT2D eigenvalue weighted by molar-refractivity contribution is -0.386. The van der Waals surface area contributed by atoms with E-state index in [9.17, 15) is 15.2 Å². The monoisotopic (exact) mass is 391 g/mol. The highest BCUT2D eigenvalue weighted by atomic mass is 35.5. The predicted molar refractivity (Wildman–Crippen MR) is 108 cm³/mol. The topological polar surface area (TPSA) is 72.6 Å². The van der Waals surface area contributed by atoms with Gasteiger partial charge in [0.05, 0.1) is 16.9 Å². The molecule has 1 aliphatic carbocycles. The van der Waals surface area contributed by atoms with Crippen molar-refractivity contribution in [3.8, 4) is 5.75 Å². The van der Waals surface area contributed by atoms with Crippen LogP contribution in [0.25, 0.3) is 0 Å². The van der Waals surface area contributed by atoms with Crippen LogP contribution in [0.5, 0.6) is 5.75 Å². The molecule has 0 amide bonds. The molecule has 0 aliphatic heterocycles. The first-order chi connectivity index (χ1) is 12.9. The molecule has 5 nitrogen and oxygen atoms in total. The molecule has 2 aromatic carbocycles. The molecule has 1 atom stereocenters. The van der Waals surface area contributed by atoms with E-state index in [1.165, 1.54) is 6.07 Å². The van der Waals surface area contributed by atoms with Gasteiger partial charge in [-0.15, -0.1) is 0 Å². The first-order valence-corrected chi connectivity index (χ1v) is 9.61. The summed E-state index contributed by atoms with van der Waals surface area (Å²) in [5, 5.41) is 22.1. The lowest BCUT2D eigenvalue weighted by Gasteiger charge is -2.37. The molecular weight excluding hydrogens is 366 g/mol. The molecule has 146 valence electrons. The number of hydrogen-bond acceptors (Lipinski definition) is 4. The third-order valence-corrected chi connectivity index (χ3v) is 5.09. The normalized spacial score (nSPS) is 18.1. The van der Waals surface area contributed by atoms with Gasteiger partial charge < -0.3 is 9.84 Å². The Balaban J connectivity index is 0.00000126. The number of ether oxygens (including phenoxy) is 1. The van der Waals surface area contributed by atoms with Crippen LogP contribution in [0.2, 0.25) is 5.02 Å². The summed E-state index contributed by atoms with van der Waals surface area (Å²) in [5.41, 5.74) is 2.29. The Morgan fingerprint density at radius 3 is 2.67 bits per heavy atom. The quantitative estimate of drug-likeness (QED) is 0.559. The number of aliphatic hydroxyl groups is 1. The SMILES string of the molecule is CC.Cc1ccc(OCC2(CO)CCCc3cc(Cl)ccc32)c([N+](=O)[O-])c1. The Morgan fingerprint density at radius 1 is 1.26 bits per heavy atom. The highest BCUT2D eigenvalue weighted by Gasteiger charge is 2.37. The molecule has 1 N–H and O–H groups in total. The maximum atomic E-state index is 11.3. The Hall–Kier alpha value is -2.11. The molecule has 0 radical (unpaired) electrons. The zero-order chi connectivity index (χ0) is 20.0. The minimum absolute atomic E-state index is 0.0553. The van der Waals surface area contributed by atoms with Gasteiger partial charge in [-0.25, -0.2) is 0 Å². The molecule has 1 aliphatic rings. The standard InChI is InChI=1S/C19H20ClNO4.C2H6/c1-13-4-7-18(17(9-13)21(23)24)25-12-19(11-22)8-2-3-14-10-15(20)5-6-16(14)19;1-2/h4-7,9-10,22H,2-3,8,11-12H2,1H3;1-2H3. The van der Waals surface area contributed by atoms with Gasteiger partial charge in [-0.3, -0.25) is 10.1 Å². The summed E-state index contributed by atoms with van der Waals surface area (Å²) >= 11 is 6.09. The van der Waals surface area contributed by atoms with Crippen molar-refractivity contribution in [2.24, 2.45) is 0 Å². The van der Waals surface area contributed by atoms with Crippen LogP contribution < -0.4 is 4.74 Å². The van der Waals surface area contributed by atoms with Crippen molar-refractivity contribution in [2.45, 2.75) is 45.4 Å². The lowest BCUT2D eigenvalue weighted by atomic mass is 9.71. The largest absolute Gasteiger partial charge is 0.486 e. The zero-order valence-electron chi connectivity index (χ0n) is 16.0. The maximum absolute atomic E-state index is 11.3. The van der Waals surface area contributed by atoms with E-state index < -0.39 is 10.3 Å². The van der Waals surface area contributed by atoms with Crippen LogP contribution in [0, 0.1) is 17.0 Å². The Labute approximate surface area is 165 Å². The summed E-state index contributed by atoms with van der Waals surface area (Å²) in [4.78, 5) is 10.8. The Morgan fingerprint density at radius 2 is 2.00 bits per heavy atom. The number of hydrogen-bond donors (Lipinski definition) is 1. The predicted octanol–water partition coefficient (Wildman–Crippen LogP) is 5.23. The fraction of sp³-hybridized carbons (Fsp3) is 0.429. The minimum atomic E-state index is -0.572. The summed E-state index contributed by atoms with van der Waals surface area (Å²) in [6.45, 7) is 5.90. The van der Waals surface area contributed by atoms with E-state index in [0.29, 0.717) is 5.02 Å². The lowest BCUT2D eigenvalue weighted by Crippen LogP contribution is -2.40. The van der Waals surface area contributed by atoms with Crippen LogP contribution in [0.4, 0.5) is 5.69 Å². The zero-order valence-corrected chi connectivity index (χ0v) is 16.8. The number of nitrogens with zero attached hydrogens (tertiary/aromatic N) is 1. The van der Waals surface area contributed by atoms with Crippen molar-refractivity contribution in [3.05, 3.63) is 68.2 Å². The second-order valence-corrected chi connectivity index (χ2v) is 7.05. The summed E-state index contributed by atoms with van der Waals surface area (Å²) in [7, 11) is 0. The van der Waals surface area contributed by atoms with Gasteiger partial charge in [-0.2, -0.15) is 0 Å². The number of aryl methyl sites for hydroxylation is 2. The molecule has 0 heterocycles. The van der Waals surface area contributed by atoms with E-state index in [1.807, 2.05) is 32.0 Å². The second-order valence-electron chi connectivity index (χ2n) is 6.61. The Kier molecular flexibility index (Phi) is 7.22. The molecule has 27 heavy (non-hydrogen) atoms. The molecule has 0 spiro atoms. The maximum Gasteiger partial charge on any atom is 0.311 e. The molecule has 0 bridgehead atoms. The van der Waals surface area contributed by atoms with Gasteiger partial charge in [-0.05, 0) is 61.1 Å². The number of nitro benzene ring substituents is 1. The summed E-state index contributed by atoms with van der Waals surface area (Å²) in [5.74, 6) is 0.226. The van der Waals surface area contributed by atoms with Gasteiger partial charge in [0.2, 0.25) is 0 Å². The molecule has 2 aromatic rings. The van der Waals surface area contributed by atoms with Crippen LogP contribution in [-0.4, -0.2) is 23.2 Å². The van der Waals surface area contributed by atoms with E-state index in [2.05, 4.69) is 0 Å². The van der Waals surface area contributed by atoms with Crippen molar-refractivity contribution in [3.63, 3.8) is 0 Å². The molecule has 1 unspecified atom stereocenters. The van der Waals surface area contributed by atoms with E-state index in [-0.39, 0.29) is 24.7 Å². The Bertz CT molecular complexity index is 809. The number of halogens is 1. The van der Waals surface area contributed by atoms with Gasteiger partial charge in [0.15, 0.2) is 5.75 Å². The molecule has 0 fully saturated rings. The fourth-order valence-corrected chi connectivity index (χ4v) is 3.70. The third-order valence-electron chi connectivity index (χ3n) is 4.86. The smallest absolute Gasteiger partial charge is 0.311 e. The molecule has 3 rings (SSSR count). The van der Waals surface area contributed by atoms with Crippen LogP contribution in [0.1, 0.15) is 43.4 Å². The van der Waals surface area contributed by atoms with Crippen molar-refractivity contribution < 1.29 is 14.8 Å². The molecule has 0 aromatic heterocycles. The van der Waals surface area contributed by atoms with Crippen molar-refractivity contribution >= 4 is 17.3 Å². The van der Waals surface area contributed by atoms with Crippen LogP contribution in [-0.2, 0) is 11.8 Å². The molecule has 0 saturated heterocycles. The molecule has 6 heteroatoms. The van der Waals surface area contributed by atoms with Gasteiger partial charge in [0, 0.05) is 11.1 Å². The molecule has 0 saturated carbocycles.